The largest absolute Gasteiger partial charge is 0.425 e. The van der Waals surface area contributed by atoms with Gasteiger partial charge in [-0.2, -0.15) is 0 Å². The summed E-state index contributed by atoms with van der Waals surface area (Å²) in [6.07, 6.45) is 5.07. The lowest BCUT2D eigenvalue weighted by atomic mass is 9.89. The van der Waals surface area contributed by atoms with E-state index in [0.717, 1.165) is 0 Å². The van der Waals surface area contributed by atoms with Gasteiger partial charge < -0.3 is 14.8 Å². The summed E-state index contributed by atoms with van der Waals surface area (Å²) in [5.74, 6) is 0.127. The number of carbonyl (C=O) groups is 2. The third-order valence-electron chi connectivity index (χ3n) is 3.56. The second kappa shape index (κ2) is 8.82. The standard InChI is InChI=1S/C15H27NO4/c1-4-13(17)19-14(11(2)3)20-15(18)16-10-12-8-6-5-7-9-12/h11-12,14H,4-10H2,1-3H3,(H,16,18). The number of ether oxygens (including phenoxy) is 2. The number of hydrogen-bond acceptors (Lipinski definition) is 4. The van der Waals surface area contributed by atoms with Gasteiger partial charge in [0.05, 0.1) is 0 Å². The van der Waals surface area contributed by atoms with Gasteiger partial charge in [-0.1, -0.05) is 40.0 Å². The summed E-state index contributed by atoms with van der Waals surface area (Å²) in [6.45, 7) is 6.05. The van der Waals surface area contributed by atoms with Gasteiger partial charge in [-0.3, -0.25) is 4.79 Å². The van der Waals surface area contributed by atoms with E-state index in [9.17, 15) is 9.59 Å². The maximum absolute atomic E-state index is 11.7. The van der Waals surface area contributed by atoms with Crippen molar-refractivity contribution in [1.82, 2.24) is 5.32 Å². The van der Waals surface area contributed by atoms with Gasteiger partial charge in [0.15, 0.2) is 0 Å². The maximum atomic E-state index is 11.7. The molecule has 1 atom stereocenters. The first-order valence-corrected chi connectivity index (χ1v) is 7.66. The Balaban J connectivity index is 2.31. The molecule has 5 nitrogen and oxygen atoms in total. The minimum absolute atomic E-state index is 0.0640. The van der Waals surface area contributed by atoms with E-state index >= 15 is 0 Å². The molecule has 1 unspecified atom stereocenters. The highest BCUT2D eigenvalue weighted by atomic mass is 16.7. The monoisotopic (exact) mass is 285 g/mol. The zero-order chi connectivity index (χ0) is 15.0. The van der Waals surface area contributed by atoms with Gasteiger partial charge in [0, 0.05) is 18.9 Å². The lowest BCUT2D eigenvalue weighted by molar-refractivity contribution is -0.174. The van der Waals surface area contributed by atoms with Crippen molar-refractivity contribution in [2.24, 2.45) is 11.8 Å². The first kappa shape index (κ1) is 16.8. The summed E-state index contributed by atoms with van der Waals surface area (Å²) in [5, 5.41) is 2.78. The molecule has 1 N–H and O–H groups in total. The summed E-state index contributed by atoms with van der Waals surface area (Å²) in [4.78, 5) is 23.0. The van der Waals surface area contributed by atoms with Gasteiger partial charge in [0.2, 0.25) is 0 Å². The van der Waals surface area contributed by atoms with Crippen LogP contribution in [0, 0.1) is 11.8 Å². The van der Waals surface area contributed by atoms with E-state index in [0.29, 0.717) is 12.5 Å². The highest BCUT2D eigenvalue weighted by Gasteiger charge is 2.22. The summed E-state index contributed by atoms with van der Waals surface area (Å²) in [6, 6.07) is 0. The van der Waals surface area contributed by atoms with Crippen LogP contribution >= 0.6 is 0 Å². The van der Waals surface area contributed by atoms with E-state index in [1.54, 1.807) is 6.92 Å². The van der Waals surface area contributed by atoms with Gasteiger partial charge in [0.1, 0.15) is 0 Å². The summed E-state index contributed by atoms with van der Waals surface area (Å²) >= 11 is 0. The molecular weight excluding hydrogens is 258 g/mol. The van der Waals surface area contributed by atoms with E-state index in [-0.39, 0.29) is 18.3 Å². The molecule has 1 aliphatic carbocycles. The van der Waals surface area contributed by atoms with Crippen molar-refractivity contribution in [3.8, 4) is 0 Å². The number of alkyl carbamates (subject to hydrolysis) is 1. The number of nitrogens with one attached hydrogen (secondary N) is 1. The molecule has 0 radical (unpaired) electrons. The highest BCUT2D eigenvalue weighted by Crippen LogP contribution is 2.22. The summed E-state index contributed by atoms with van der Waals surface area (Å²) in [5.41, 5.74) is 0. The number of carbonyl (C=O) groups excluding carboxylic acids is 2. The molecule has 20 heavy (non-hydrogen) atoms. The van der Waals surface area contributed by atoms with Crippen LogP contribution in [0.2, 0.25) is 0 Å². The SMILES string of the molecule is CCC(=O)OC(OC(=O)NCC1CCCCC1)C(C)C. The topological polar surface area (TPSA) is 64.6 Å². The van der Waals surface area contributed by atoms with Crippen LogP contribution in [0.25, 0.3) is 0 Å². The smallest absolute Gasteiger partial charge is 0.410 e. The van der Waals surface area contributed by atoms with Crippen LogP contribution < -0.4 is 5.32 Å². The van der Waals surface area contributed by atoms with Crippen molar-refractivity contribution in [2.45, 2.75) is 65.6 Å². The Morgan fingerprint density at radius 2 is 1.80 bits per heavy atom. The van der Waals surface area contributed by atoms with Crippen LogP contribution in [0.1, 0.15) is 59.3 Å². The van der Waals surface area contributed by atoms with E-state index in [4.69, 9.17) is 9.47 Å². The van der Waals surface area contributed by atoms with Crippen molar-refractivity contribution >= 4 is 12.1 Å². The van der Waals surface area contributed by atoms with Crippen molar-refractivity contribution < 1.29 is 19.1 Å². The van der Waals surface area contributed by atoms with Crippen molar-refractivity contribution in [2.75, 3.05) is 6.54 Å². The van der Waals surface area contributed by atoms with Crippen LogP contribution in [-0.4, -0.2) is 24.9 Å². The third-order valence-corrected chi connectivity index (χ3v) is 3.56. The molecule has 1 rings (SSSR count). The average molecular weight is 285 g/mol. The number of amides is 1. The van der Waals surface area contributed by atoms with Crippen LogP contribution in [0.3, 0.4) is 0 Å². The summed E-state index contributed by atoms with van der Waals surface area (Å²) < 4.78 is 10.3. The Morgan fingerprint density at radius 3 is 2.35 bits per heavy atom. The molecule has 0 aromatic heterocycles. The lowest BCUT2D eigenvalue weighted by Crippen LogP contribution is -2.36. The van der Waals surface area contributed by atoms with Crippen LogP contribution in [-0.2, 0) is 14.3 Å². The molecular formula is C15H27NO4. The molecule has 116 valence electrons. The third kappa shape index (κ3) is 6.26. The fourth-order valence-electron chi connectivity index (χ4n) is 2.28. The molecule has 0 bridgehead atoms. The lowest BCUT2D eigenvalue weighted by Gasteiger charge is -2.24. The Kier molecular flexibility index (Phi) is 7.41. The Labute approximate surface area is 121 Å². The van der Waals surface area contributed by atoms with E-state index in [1.807, 2.05) is 13.8 Å². The first-order chi connectivity index (χ1) is 9.52. The van der Waals surface area contributed by atoms with Gasteiger partial charge in [-0.25, -0.2) is 4.79 Å². The van der Waals surface area contributed by atoms with Crippen LogP contribution in [0.5, 0.6) is 0 Å². The molecule has 0 aliphatic heterocycles. The minimum atomic E-state index is -0.811. The Hall–Kier alpha value is -1.26. The Bertz CT molecular complexity index is 311. The Morgan fingerprint density at radius 1 is 1.15 bits per heavy atom. The van der Waals surface area contributed by atoms with Gasteiger partial charge in [-0.15, -0.1) is 0 Å². The predicted octanol–water partition coefficient (Wildman–Crippen LogP) is 3.23. The number of hydrogen-bond donors (Lipinski definition) is 1. The zero-order valence-electron chi connectivity index (χ0n) is 12.8. The molecule has 0 heterocycles. The molecule has 0 aromatic rings. The molecule has 1 saturated carbocycles. The fourth-order valence-corrected chi connectivity index (χ4v) is 2.28. The van der Waals surface area contributed by atoms with Crippen molar-refractivity contribution in [1.29, 1.82) is 0 Å². The second-order valence-electron chi connectivity index (χ2n) is 5.75. The molecule has 1 amide bonds. The van der Waals surface area contributed by atoms with Crippen LogP contribution in [0.4, 0.5) is 4.79 Å². The average Bonchev–Trinajstić information content (AvgIpc) is 2.45. The van der Waals surface area contributed by atoms with Crippen molar-refractivity contribution in [3.05, 3.63) is 0 Å². The molecule has 5 heteroatoms. The number of esters is 1. The fraction of sp³-hybridized carbons (Fsp3) is 0.867. The highest BCUT2D eigenvalue weighted by molar-refractivity contribution is 5.70. The normalized spacial score (nSPS) is 17.6. The minimum Gasteiger partial charge on any atom is -0.425 e. The van der Waals surface area contributed by atoms with Gasteiger partial charge in [-0.05, 0) is 18.8 Å². The second-order valence-corrected chi connectivity index (χ2v) is 5.75. The van der Waals surface area contributed by atoms with Gasteiger partial charge in [0.25, 0.3) is 6.29 Å². The molecule has 0 spiro atoms. The number of rotatable bonds is 6. The quantitative estimate of drug-likeness (QED) is 0.601. The first-order valence-electron chi connectivity index (χ1n) is 7.66. The van der Waals surface area contributed by atoms with Crippen molar-refractivity contribution in [3.63, 3.8) is 0 Å². The van der Waals surface area contributed by atoms with E-state index in [1.165, 1.54) is 32.1 Å². The summed E-state index contributed by atoms with van der Waals surface area (Å²) in [7, 11) is 0. The molecule has 1 fully saturated rings. The molecule has 0 saturated heterocycles. The van der Waals surface area contributed by atoms with Gasteiger partial charge >= 0.3 is 12.1 Å². The maximum Gasteiger partial charge on any atom is 0.410 e. The zero-order valence-corrected chi connectivity index (χ0v) is 12.8. The van der Waals surface area contributed by atoms with E-state index < -0.39 is 12.4 Å². The molecule has 1 aliphatic rings. The van der Waals surface area contributed by atoms with E-state index in [2.05, 4.69) is 5.32 Å². The molecule has 0 aromatic carbocycles. The predicted molar refractivity (Wildman–Crippen MR) is 76.1 cm³/mol. The van der Waals surface area contributed by atoms with Crippen LogP contribution in [0.15, 0.2) is 0 Å².